The van der Waals surface area contributed by atoms with Crippen molar-refractivity contribution in [2.45, 2.75) is 9.92 Å². The third kappa shape index (κ3) is 1.80. The number of aryl methyl sites for hydroxylation is 1. The van der Waals surface area contributed by atoms with Gasteiger partial charge in [-0.05, 0) is 12.1 Å². The molecular weight excluding hydrogens is 246 g/mol. The molecule has 0 atom stereocenters. The fraction of sp³-hybridized carbons (Fsp3) is 0.0833. The molecule has 2 N–H and O–H groups in total. The number of hydrogen-bond donors (Lipinski definition) is 1. The van der Waals surface area contributed by atoms with Gasteiger partial charge in [-0.15, -0.1) is 0 Å². The summed E-state index contributed by atoms with van der Waals surface area (Å²) >= 11 is 1.53. The van der Waals surface area contributed by atoms with Crippen LogP contribution in [0.25, 0.3) is 11.0 Å². The van der Waals surface area contributed by atoms with E-state index in [2.05, 4.69) is 15.1 Å². The Labute approximate surface area is 108 Å². The second-order valence-corrected chi connectivity index (χ2v) is 4.85. The minimum atomic E-state index is 0.748. The van der Waals surface area contributed by atoms with Crippen LogP contribution in [0.5, 0.6) is 0 Å². The van der Waals surface area contributed by atoms with Crippen LogP contribution in [0.1, 0.15) is 0 Å². The van der Waals surface area contributed by atoms with Gasteiger partial charge in [0.1, 0.15) is 11.4 Å². The van der Waals surface area contributed by atoms with Crippen LogP contribution in [0.3, 0.4) is 0 Å². The van der Waals surface area contributed by atoms with Crippen molar-refractivity contribution in [3.8, 4) is 0 Å². The van der Waals surface area contributed by atoms with E-state index in [0.717, 1.165) is 26.6 Å². The minimum absolute atomic E-state index is 0.748. The second kappa shape index (κ2) is 4.30. The summed E-state index contributed by atoms with van der Waals surface area (Å²) in [5.41, 5.74) is 7.50. The van der Waals surface area contributed by atoms with Crippen LogP contribution in [0, 0.1) is 0 Å². The van der Waals surface area contributed by atoms with E-state index in [0.29, 0.717) is 0 Å². The summed E-state index contributed by atoms with van der Waals surface area (Å²) in [4.78, 5) is 9.50. The van der Waals surface area contributed by atoms with E-state index in [9.17, 15) is 0 Å². The van der Waals surface area contributed by atoms with Crippen molar-refractivity contribution in [3.63, 3.8) is 0 Å². The molecule has 0 unspecified atom stereocenters. The molecule has 0 fully saturated rings. The normalized spacial score (nSPS) is 10.9. The van der Waals surface area contributed by atoms with Gasteiger partial charge in [0.05, 0.1) is 11.6 Å². The number of anilines is 1. The number of nitrogens with zero attached hydrogens (tertiary/aromatic N) is 4. The van der Waals surface area contributed by atoms with Crippen LogP contribution >= 0.6 is 11.8 Å². The number of fused-ring (bicyclic) bond motifs is 1. The Morgan fingerprint density at radius 1 is 1.22 bits per heavy atom. The summed E-state index contributed by atoms with van der Waals surface area (Å²) in [6.07, 6.45) is 3.32. The smallest absolute Gasteiger partial charge is 0.162 e. The number of benzene rings is 1. The first-order chi connectivity index (χ1) is 8.75. The third-order valence-electron chi connectivity index (χ3n) is 2.62. The first-order valence-corrected chi connectivity index (χ1v) is 6.22. The van der Waals surface area contributed by atoms with E-state index >= 15 is 0 Å². The Hall–Kier alpha value is -2.08. The van der Waals surface area contributed by atoms with Gasteiger partial charge < -0.3 is 5.73 Å². The SMILES string of the molecule is Cn1ncc2c(Sc3ccccc3N)ncnc21. The lowest BCUT2D eigenvalue weighted by Gasteiger charge is -2.04. The molecule has 5 nitrogen and oxygen atoms in total. The Morgan fingerprint density at radius 3 is 2.89 bits per heavy atom. The molecular formula is C12H11N5S. The molecule has 18 heavy (non-hydrogen) atoms. The van der Waals surface area contributed by atoms with Crippen molar-refractivity contribution >= 4 is 28.5 Å². The summed E-state index contributed by atoms with van der Waals surface area (Å²) in [6.45, 7) is 0. The molecule has 0 aliphatic carbocycles. The zero-order valence-electron chi connectivity index (χ0n) is 9.74. The van der Waals surface area contributed by atoms with E-state index in [1.165, 1.54) is 11.8 Å². The average Bonchev–Trinajstić information content (AvgIpc) is 2.76. The zero-order valence-corrected chi connectivity index (χ0v) is 10.6. The van der Waals surface area contributed by atoms with Gasteiger partial charge >= 0.3 is 0 Å². The molecule has 0 aliphatic rings. The summed E-state index contributed by atoms with van der Waals surface area (Å²) in [5, 5.41) is 5.99. The molecule has 3 aromatic rings. The molecule has 0 radical (unpaired) electrons. The standard InChI is InChI=1S/C12H11N5S/c1-17-11-8(6-16-17)12(15-7-14-11)18-10-5-3-2-4-9(10)13/h2-7H,13H2,1H3. The van der Waals surface area contributed by atoms with E-state index < -0.39 is 0 Å². The Bertz CT molecular complexity index is 707. The zero-order chi connectivity index (χ0) is 12.5. The molecule has 0 spiro atoms. The molecule has 2 heterocycles. The van der Waals surface area contributed by atoms with Gasteiger partial charge in [0.15, 0.2) is 5.65 Å². The highest BCUT2D eigenvalue weighted by atomic mass is 32.2. The van der Waals surface area contributed by atoms with Crippen molar-refractivity contribution in [2.24, 2.45) is 7.05 Å². The van der Waals surface area contributed by atoms with Gasteiger partial charge in [0.25, 0.3) is 0 Å². The summed E-state index contributed by atoms with van der Waals surface area (Å²) in [5.74, 6) is 0. The Morgan fingerprint density at radius 2 is 2.06 bits per heavy atom. The predicted octanol–water partition coefficient (Wildman–Crippen LogP) is 2.10. The van der Waals surface area contributed by atoms with Crippen LogP contribution < -0.4 is 5.73 Å². The number of aromatic nitrogens is 4. The largest absolute Gasteiger partial charge is 0.398 e. The molecule has 6 heteroatoms. The Kier molecular flexibility index (Phi) is 2.64. The number of nitrogens with two attached hydrogens (primary N) is 1. The monoisotopic (exact) mass is 257 g/mol. The van der Waals surface area contributed by atoms with Crippen LogP contribution in [-0.2, 0) is 7.05 Å². The predicted molar refractivity (Wildman–Crippen MR) is 71.3 cm³/mol. The fourth-order valence-corrected chi connectivity index (χ4v) is 2.59. The molecule has 1 aromatic carbocycles. The first-order valence-electron chi connectivity index (χ1n) is 5.41. The maximum Gasteiger partial charge on any atom is 0.162 e. The highest BCUT2D eigenvalue weighted by Crippen LogP contribution is 2.33. The molecule has 3 rings (SSSR count). The van der Waals surface area contributed by atoms with E-state index in [-0.39, 0.29) is 0 Å². The van der Waals surface area contributed by atoms with Crippen molar-refractivity contribution in [2.75, 3.05) is 5.73 Å². The van der Waals surface area contributed by atoms with Gasteiger partial charge in [-0.2, -0.15) is 5.10 Å². The lowest BCUT2D eigenvalue weighted by Crippen LogP contribution is -1.93. The highest BCUT2D eigenvalue weighted by molar-refractivity contribution is 7.99. The Balaban J connectivity index is 2.08. The van der Waals surface area contributed by atoms with Crippen molar-refractivity contribution in [1.82, 2.24) is 19.7 Å². The van der Waals surface area contributed by atoms with Crippen LogP contribution in [0.2, 0.25) is 0 Å². The summed E-state index contributed by atoms with van der Waals surface area (Å²) in [7, 11) is 1.86. The van der Waals surface area contributed by atoms with Gasteiger partial charge in [-0.1, -0.05) is 23.9 Å². The van der Waals surface area contributed by atoms with Crippen LogP contribution in [0.4, 0.5) is 5.69 Å². The fourth-order valence-electron chi connectivity index (χ4n) is 1.70. The van der Waals surface area contributed by atoms with Crippen LogP contribution in [0.15, 0.2) is 46.7 Å². The molecule has 0 aliphatic heterocycles. The third-order valence-corrected chi connectivity index (χ3v) is 3.73. The van der Waals surface area contributed by atoms with E-state index in [1.807, 2.05) is 31.3 Å². The van der Waals surface area contributed by atoms with Crippen molar-refractivity contribution in [1.29, 1.82) is 0 Å². The minimum Gasteiger partial charge on any atom is -0.398 e. The number of hydrogen-bond acceptors (Lipinski definition) is 5. The summed E-state index contributed by atoms with van der Waals surface area (Å²) in [6, 6.07) is 7.73. The number of nitrogen functional groups attached to an aromatic ring is 1. The second-order valence-electron chi connectivity index (χ2n) is 3.82. The van der Waals surface area contributed by atoms with E-state index in [4.69, 9.17) is 5.73 Å². The molecule has 0 saturated carbocycles. The average molecular weight is 257 g/mol. The highest BCUT2D eigenvalue weighted by Gasteiger charge is 2.10. The topological polar surface area (TPSA) is 69.6 Å². The van der Waals surface area contributed by atoms with Gasteiger partial charge in [0, 0.05) is 17.6 Å². The molecule has 90 valence electrons. The first kappa shape index (κ1) is 11.0. The van der Waals surface area contributed by atoms with Crippen molar-refractivity contribution in [3.05, 3.63) is 36.8 Å². The number of para-hydroxylation sites is 1. The summed E-state index contributed by atoms with van der Waals surface area (Å²) < 4.78 is 1.73. The van der Waals surface area contributed by atoms with Gasteiger partial charge in [-0.3, -0.25) is 4.68 Å². The molecule has 0 saturated heterocycles. The van der Waals surface area contributed by atoms with Gasteiger partial charge in [0.2, 0.25) is 0 Å². The lowest BCUT2D eigenvalue weighted by molar-refractivity contribution is 0.784. The van der Waals surface area contributed by atoms with Crippen LogP contribution in [-0.4, -0.2) is 19.7 Å². The molecule has 0 amide bonds. The maximum atomic E-state index is 5.93. The quantitative estimate of drug-likeness (QED) is 0.562. The van der Waals surface area contributed by atoms with Gasteiger partial charge in [-0.25, -0.2) is 9.97 Å². The molecule has 0 bridgehead atoms. The lowest BCUT2D eigenvalue weighted by atomic mass is 10.3. The molecule has 2 aromatic heterocycles. The maximum absolute atomic E-state index is 5.93. The van der Waals surface area contributed by atoms with Crippen molar-refractivity contribution < 1.29 is 0 Å². The van der Waals surface area contributed by atoms with E-state index in [1.54, 1.807) is 17.2 Å². The number of rotatable bonds is 2.